The van der Waals surface area contributed by atoms with E-state index in [1.807, 2.05) is 0 Å². The standard InChI is InChI=1S/C2H4O2P/c3-5(4)1-2-5/h1-4H/q+1. The van der Waals surface area contributed by atoms with Crippen LogP contribution in [-0.2, 0) is 0 Å². The van der Waals surface area contributed by atoms with Gasteiger partial charge >= 0.3 is 7.72 Å². The van der Waals surface area contributed by atoms with Crippen LogP contribution in [0.4, 0.5) is 0 Å². The second kappa shape index (κ2) is 0.597. The van der Waals surface area contributed by atoms with E-state index >= 15 is 0 Å². The zero-order valence-electron chi connectivity index (χ0n) is 2.50. The van der Waals surface area contributed by atoms with Crippen LogP contribution < -0.4 is 0 Å². The molecule has 0 spiro atoms. The Morgan fingerprint density at radius 3 is 1.40 bits per heavy atom. The first-order chi connectivity index (χ1) is 2.21. The van der Waals surface area contributed by atoms with Gasteiger partial charge in [-0.3, -0.25) is 0 Å². The van der Waals surface area contributed by atoms with E-state index in [1.165, 1.54) is 11.6 Å². The normalized spacial score (nSPS) is 26.8. The maximum absolute atomic E-state index is 8.19. The average molecular weight is 91.0 g/mol. The molecule has 0 unspecified atom stereocenters. The highest BCUT2D eigenvalue weighted by molar-refractivity contribution is 7.77. The van der Waals surface area contributed by atoms with Gasteiger partial charge in [0.2, 0.25) is 0 Å². The Kier molecular flexibility index (Phi) is 0.392. The SMILES string of the molecule is O[P+]1(O)C=C1. The molecule has 0 fully saturated rings. The van der Waals surface area contributed by atoms with Crippen LogP contribution in [0.25, 0.3) is 0 Å². The number of rotatable bonds is 0. The summed E-state index contributed by atoms with van der Waals surface area (Å²) in [4.78, 5) is 16.4. The predicted octanol–water partition coefficient (Wildman–Crippen LogP) is 0.303. The van der Waals surface area contributed by atoms with E-state index in [9.17, 15) is 0 Å². The first kappa shape index (κ1) is 3.29. The fraction of sp³-hybridized carbons (Fsp3) is 0. The molecule has 0 aromatic rings. The Balaban J connectivity index is 2.47. The molecule has 5 heavy (non-hydrogen) atoms. The van der Waals surface area contributed by atoms with E-state index in [0.717, 1.165) is 0 Å². The van der Waals surface area contributed by atoms with Gasteiger partial charge in [-0.2, -0.15) is 0 Å². The molecule has 28 valence electrons. The molecule has 0 atom stereocenters. The van der Waals surface area contributed by atoms with Crippen LogP contribution in [0.1, 0.15) is 0 Å². The van der Waals surface area contributed by atoms with Crippen LogP contribution >= 0.6 is 7.72 Å². The molecular formula is C2H4O2P+. The molecule has 3 heteroatoms. The minimum atomic E-state index is -2.39. The third-order valence-electron chi connectivity index (χ3n) is 0.416. The van der Waals surface area contributed by atoms with Gasteiger partial charge < -0.3 is 0 Å². The van der Waals surface area contributed by atoms with Crippen molar-refractivity contribution in [2.45, 2.75) is 0 Å². The minimum absolute atomic E-state index is 1.41. The van der Waals surface area contributed by atoms with E-state index in [1.54, 1.807) is 0 Å². The van der Waals surface area contributed by atoms with Gasteiger partial charge in [0.15, 0.2) is 11.6 Å². The molecule has 0 saturated carbocycles. The lowest BCUT2D eigenvalue weighted by Crippen LogP contribution is -1.55. The molecule has 2 N–H and O–H groups in total. The molecule has 0 aliphatic carbocycles. The second-order valence-electron chi connectivity index (χ2n) is 0.999. The van der Waals surface area contributed by atoms with Crippen LogP contribution in [0.15, 0.2) is 11.6 Å². The van der Waals surface area contributed by atoms with E-state index in [-0.39, 0.29) is 0 Å². The van der Waals surface area contributed by atoms with Gasteiger partial charge in [0.25, 0.3) is 0 Å². The van der Waals surface area contributed by atoms with Crippen molar-refractivity contribution >= 4 is 7.72 Å². The summed E-state index contributed by atoms with van der Waals surface area (Å²) < 4.78 is 0. The molecule has 0 radical (unpaired) electrons. The molecule has 0 aromatic carbocycles. The van der Waals surface area contributed by atoms with Gasteiger partial charge in [0.05, 0.1) is 0 Å². The van der Waals surface area contributed by atoms with Gasteiger partial charge in [-0.1, -0.05) is 0 Å². The Bertz CT molecular complexity index is 67.7. The fourth-order valence-corrected chi connectivity index (χ4v) is 0.537. The zero-order chi connectivity index (χ0) is 3.91. The molecule has 1 rings (SSSR count). The largest absolute Gasteiger partial charge is 0.325 e. The topological polar surface area (TPSA) is 40.5 Å². The molecule has 0 bridgehead atoms. The van der Waals surface area contributed by atoms with Crippen molar-refractivity contribution in [3.8, 4) is 0 Å². The molecule has 1 aliphatic rings. The molecule has 0 aromatic heterocycles. The van der Waals surface area contributed by atoms with Crippen molar-refractivity contribution in [1.82, 2.24) is 0 Å². The Labute approximate surface area is 30.3 Å². The lowest BCUT2D eigenvalue weighted by atomic mass is 11.3. The van der Waals surface area contributed by atoms with Crippen molar-refractivity contribution in [3.63, 3.8) is 0 Å². The Hall–Kier alpha value is 0.0900. The van der Waals surface area contributed by atoms with Crippen molar-refractivity contribution in [3.05, 3.63) is 11.6 Å². The third-order valence-corrected chi connectivity index (χ3v) is 1.25. The van der Waals surface area contributed by atoms with Crippen molar-refractivity contribution in [2.24, 2.45) is 0 Å². The van der Waals surface area contributed by atoms with E-state index in [2.05, 4.69) is 0 Å². The second-order valence-corrected chi connectivity index (χ2v) is 3.00. The van der Waals surface area contributed by atoms with Crippen LogP contribution in [-0.4, -0.2) is 9.79 Å². The van der Waals surface area contributed by atoms with Crippen molar-refractivity contribution in [1.29, 1.82) is 0 Å². The summed E-state index contributed by atoms with van der Waals surface area (Å²) in [6.07, 6.45) is 0. The number of hydrogen-bond donors (Lipinski definition) is 2. The van der Waals surface area contributed by atoms with E-state index < -0.39 is 7.72 Å². The molecule has 0 saturated heterocycles. The summed E-state index contributed by atoms with van der Waals surface area (Å²) in [5, 5.41) is 0. The third kappa shape index (κ3) is 0.690. The Morgan fingerprint density at radius 1 is 1.20 bits per heavy atom. The molecule has 1 aliphatic heterocycles. The van der Waals surface area contributed by atoms with Gasteiger partial charge in [-0.25, -0.2) is 9.79 Å². The summed E-state index contributed by atoms with van der Waals surface area (Å²) in [7, 11) is -2.39. The summed E-state index contributed by atoms with van der Waals surface area (Å²) in [6, 6.07) is 0. The van der Waals surface area contributed by atoms with Crippen LogP contribution in [0.2, 0.25) is 0 Å². The quantitative estimate of drug-likeness (QED) is 0.421. The maximum Gasteiger partial charge on any atom is 0.325 e. The number of hydrogen-bond acceptors (Lipinski definition) is 2. The molecule has 2 nitrogen and oxygen atoms in total. The zero-order valence-corrected chi connectivity index (χ0v) is 3.39. The fourth-order valence-electron chi connectivity index (χ4n) is 0.0596. The first-order valence-corrected chi connectivity index (χ1v) is 3.08. The van der Waals surface area contributed by atoms with E-state index in [0.29, 0.717) is 0 Å². The van der Waals surface area contributed by atoms with Crippen LogP contribution in [0.3, 0.4) is 0 Å². The van der Waals surface area contributed by atoms with Gasteiger partial charge in [-0.15, -0.1) is 0 Å². The summed E-state index contributed by atoms with van der Waals surface area (Å²) >= 11 is 0. The minimum Gasteiger partial charge on any atom is -0.210 e. The summed E-state index contributed by atoms with van der Waals surface area (Å²) in [5.41, 5.74) is 0. The van der Waals surface area contributed by atoms with Crippen LogP contribution in [0, 0.1) is 0 Å². The maximum atomic E-state index is 8.19. The highest BCUT2D eigenvalue weighted by Crippen LogP contribution is 2.66. The lowest BCUT2D eigenvalue weighted by molar-refractivity contribution is 0.486. The highest BCUT2D eigenvalue weighted by Gasteiger charge is 2.40. The summed E-state index contributed by atoms with van der Waals surface area (Å²) in [5.74, 6) is 2.82. The monoisotopic (exact) mass is 91.0 g/mol. The smallest absolute Gasteiger partial charge is 0.210 e. The van der Waals surface area contributed by atoms with E-state index in [4.69, 9.17) is 9.79 Å². The van der Waals surface area contributed by atoms with Crippen molar-refractivity contribution < 1.29 is 9.79 Å². The van der Waals surface area contributed by atoms with Crippen LogP contribution in [0.5, 0.6) is 0 Å². The molecule has 0 amide bonds. The molecular weight excluding hydrogens is 87.0 g/mol. The summed E-state index contributed by atoms with van der Waals surface area (Å²) in [6.45, 7) is 0. The first-order valence-electron chi connectivity index (χ1n) is 1.25. The predicted molar refractivity (Wildman–Crippen MR) is 20.5 cm³/mol. The van der Waals surface area contributed by atoms with Gasteiger partial charge in [0, 0.05) is 0 Å². The molecule has 1 heterocycles. The lowest BCUT2D eigenvalue weighted by Gasteiger charge is -1.74. The highest BCUT2D eigenvalue weighted by atomic mass is 31.2. The van der Waals surface area contributed by atoms with Gasteiger partial charge in [-0.05, 0) is 0 Å². The average Bonchev–Trinajstić information content (AvgIpc) is 1.76. The Morgan fingerprint density at radius 2 is 1.40 bits per heavy atom. The van der Waals surface area contributed by atoms with Gasteiger partial charge in [0.1, 0.15) is 0 Å². The van der Waals surface area contributed by atoms with Crippen molar-refractivity contribution in [2.75, 3.05) is 0 Å².